The predicted molar refractivity (Wildman–Crippen MR) is 127 cm³/mol. The number of ether oxygens (including phenoxy) is 4. The van der Waals surface area contributed by atoms with Crippen LogP contribution in [0.1, 0.15) is 71.2 Å². The lowest BCUT2D eigenvalue weighted by molar-refractivity contribution is -0.166. The van der Waals surface area contributed by atoms with Crippen molar-refractivity contribution in [2.75, 3.05) is 6.61 Å². The van der Waals surface area contributed by atoms with Gasteiger partial charge in [0.15, 0.2) is 24.1 Å². The van der Waals surface area contributed by atoms with Gasteiger partial charge in [-0.25, -0.2) is 15.0 Å². The number of carbonyl (C=O) groups excluding carboxylic acids is 3. The third kappa shape index (κ3) is 4.26. The highest BCUT2D eigenvalue weighted by molar-refractivity contribution is 5.75. The summed E-state index contributed by atoms with van der Waals surface area (Å²) in [4.78, 5) is 49.5. The summed E-state index contributed by atoms with van der Waals surface area (Å²) in [5, 5.41) is 0. The summed E-state index contributed by atoms with van der Waals surface area (Å²) in [6.07, 6.45) is 6.85. The van der Waals surface area contributed by atoms with Crippen molar-refractivity contribution < 1.29 is 33.3 Å². The molecule has 4 aliphatic carbocycles. The molecule has 37 heavy (non-hydrogen) atoms. The van der Waals surface area contributed by atoms with Crippen molar-refractivity contribution >= 4 is 29.1 Å². The Morgan fingerprint density at radius 2 is 1.54 bits per heavy atom. The van der Waals surface area contributed by atoms with E-state index in [0.29, 0.717) is 5.65 Å². The van der Waals surface area contributed by atoms with E-state index < -0.39 is 42.4 Å². The van der Waals surface area contributed by atoms with Crippen LogP contribution >= 0.6 is 0 Å². The molecule has 2 aromatic heterocycles. The molecule has 1 saturated heterocycles. The molecule has 11 nitrogen and oxygen atoms in total. The molecule has 0 amide bonds. The fourth-order valence-electron chi connectivity index (χ4n) is 7.74. The number of carbonyl (C=O) groups is 3. The minimum absolute atomic E-state index is 0.0130. The molecule has 0 aromatic carbocycles. The molecule has 4 atom stereocenters. The van der Waals surface area contributed by atoms with Crippen molar-refractivity contribution in [1.29, 1.82) is 0 Å². The highest BCUT2D eigenvalue weighted by Gasteiger charge is 2.54. The van der Waals surface area contributed by atoms with Crippen molar-refractivity contribution in [1.82, 2.24) is 19.5 Å². The molecule has 0 spiro atoms. The summed E-state index contributed by atoms with van der Waals surface area (Å²) in [5.74, 6) is 0.612. The van der Waals surface area contributed by atoms with E-state index in [9.17, 15) is 14.4 Å². The monoisotopic (exact) mass is 512 g/mol. The quantitative estimate of drug-likeness (QED) is 0.420. The molecule has 1 aliphatic heterocycles. The van der Waals surface area contributed by atoms with Crippen LogP contribution in [0, 0.1) is 17.8 Å². The molecule has 5 aliphatic rings. The van der Waals surface area contributed by atoms with Gasteiger partial charge in [0.2, 0.25) is 0 Å². The van der Waals surface area contributed by atoms with E-state index in [4.69, 9.17) is 28.9 Å². The van der Waals surface area contributed by atoms with Crippen LogP contribution in [0.15, 0.2) is 12.7 Å². The highest BCUT2D eigenvalue weighted by atomic mass is 16.7. The van der Waals surface area contributed by atoms with Gasteiger partial charge in [0.05, 0.1) is 12.0 Å². The fraction of sp³-hybridized carbons (Fsp3) is 0.692. The maximum absolute atomic E-state index is 12.0. The second-order valence-electron chi connectivity index (χ2n) is 11.3. The number of rotatable bonds is 6. The number of aromatic nitrogens is 4. The Hall–Kier alpha value is -3.08. The predicted octanol–water partition coefficient (Wildman–Crippen LogP) is 2.62. The molecule has 3 heterocycles. The maximum Gasteiger partial charge on any atom is 0.303 e. The Morgan fingerprint density at radius 1 is 0.919 bits per heavy atom. The molecule has 1 unspecified atom stereocenters. The van der Waals surface area contributed by atoms with Crippen molar-refractivity contribution in [3.63, 3.8) is 0 Å². The minimum Gasteiger partial charge on any atom is -0.463 e. The number of fused-ring (bicyclic) bond motifs is 1. The van der Waals surface area contributed by atoms with E-state index >= 15 is 0 Å². The van der Waals surface area contributed by atoms with E-state index in [-0.39, 0.29) is 12.0 Å². The number of hydrogen-bond acceptors (Lipinski definition) is 10. The third-order valence-electron chi connectivity index (χ3n) is 8.51. The molecule has 11 heteroatoms. The molecule has 2 aromatic rings. The van der Waals surface area contributed by atoms with Gasteiger partial charge in [0.25, 0.3) is 0 Å². The Labute approximate surface area is 214 Å². The molecule has 5 fully saturated rings. The van der Waals surface area contributed by atoms with E-state index in [1.807, 2.05) is 0 Å². The lowest BCUT2D eigenvalue weighted by Gasteiger charge is -2.56. The Kier molecular flexibility index (Phi) is 5.93. The second-order valence-corrected chi connectivity index (χ2v) is 11.3. The van der Waals surface area contributed by atoms with Crippen LogP contribution < -0.4 is 0 Å². The van der Waals surface area contributed by atoms with Crippen molar-refractivity contribution in [3.8, 4) is 0 Å². The van der Waals surface area contributed by atoms with Gasteiger partial charge in [0, 0.05) is 26.2 Å². The molecule has 0 N–H and O–H groups in total. The van der Waals surface area contributed by atoms with Crippen LogP contribution in [-0.4, -0.2) is 62.3 Å². The number of imidazole rings is 1. The molecular weight excluding hydrogens is 480 g/mol. The summed E-state index contributed by atoms with van der Waals surface area (Å²) in [7, 11) is 0. The van der Waals surface area contributed by atoms with E-state index in [1.165, 1.54) is 40.0 Å². The van der Waals surface area contributed by atoms with Gasteiger partial charge < -0.3 is 18.9 Å². The minimum atomic E-state index is -0.989. The number of esters is 3. The Balaban J connectivity index is 1.38. The molecule has 0 radical (unpaired) electrons. The van der Waals surface area contributed by atoms with Crippen LogP contribution in [0.25, 0.3) is 11.2 Å². The molecular formula is C26H32N4O7. The van der Waals surface area contributed by atoms with Gasteiger partial charge in [-0.2, -0.15) is 0 Å². The van der Waals surface area contributed by atoms with Gasteiger partial charge in [-0.1, -0.05) is 0 Å². The standard InChI is InChI=1S/C26H32N4O7/c1-13(31)34-10-19-21(35-14(2)32)22(36-15(3)33)25(37-19)30-12-29-20-23(27-11-28-24(20)30)26-7-16-4-17(8-26)6-18(5-16)9-26/h11-12,16-19,21-22,25H,4-10H2,1-3H3/t16?,17?,18?,19-,21+,22-,25?,26?/m0/s1. The van der Waals surface area contributed by atoms with E-state index in [2.05, 4.69) is 4.98 Å². The molecule has 7 rings (SSSR count). The zero-order valence-corrected chi connectivity index (χ0v) is 21.3. The first kappa shape index (κ1) is 24.3. The summed E-state index contributed by atoms with van der Waals surface area (Å²) in [5.41, 5.74) is 2.30. The van der Waals surface area contributed by atoms with E-state index in [1.54, 1.807) is 17.2 Å². The lowest BCUT2D eigenvalue weighted by atomic mass is 9.48. The Bertz CT molecular complexity index is 1210. The molecule has 4 bridgehead atoms. The fourth-order valence-corrected chi connectivity index (χ4v) is 7.74. The topological polar surface area (TPSA) is 132 Å². The average molecular weight is 513 g/mol. The normalized spacial score (nSPS) is 36.0. The second kappa shape index (κ2) is 9.04. The van der Waals surface area contributed by atoms with Gasteiger partial charge in [0.1, 0.15) is 24.6 Å². The molecule has 4 saturated carbocycles. The number of hydrogen-bond donors (Lipinski definition) is 0. The van der Waals surface area contributed by atoms with Gasteiger partial charge in [-0.05, 0) is 56.3 Å². The van der Waals surface area contributed by atoms with Crippen molar-refractivity contribution in [2.45, 2.75) is 89.3 Å². The molecule has 198 valence electrons. The summed E-state index contributed by atoms with van der Waals surface area (Å²) in [6, 6.07) is 0. The van der Waals surface area contributed by atoms with Crippen molar-refractivity contribution in [2.24, 2.45) is 17.8 Å². The van der Waals surface area contributed by atoms with Crippen LogP contribution in [0.4, 0.5) is 0 Å². The van der Waals surface area contributed by atoms with Crippen LogP contribution in [0.2, 0.25) is 0 Å². The van der Waals surface area contributed by atoms with E-state index in [0.717, 1.165) is 48.2 Å². The van der Waals surface area contributed by atoms with Gasteiger partial charge >= 0.3 is 17.9 Å². The van der Waals surface area contributed by atoms with Crippen LogP contribution in [-0.2, 0) is 38.7 Å². The SMILES string of the molecule is CC(=O)OC[C@@H]1OC(n2cnc3c(C45CC6CC(CC(C6)C4)C5)ncnc32)[C@@H](OC(C)=O)[C@@H]1OC(C)=O. The first-order chi connectivity index (χ1) is 17.7. The summed E-state index contributed by atoms with van der Waals surface area (Å²) < 4.78 is 24.2. The zero-order valence-electron chi connectivity index (χ0n) is 21.3. The van der Waals surface area contributed by atoms with Crippen LogP contribution in [0.3, 0.4) is 0 Å². The summed E-state index contributed by atoms with van der Waals surface area (Å²) >= 11 is 0. The third-order valence-corrected chi connectivity index (χ3v) is 8.51. The average Bonchev–Trinajstić information content (AvgIpc) is 3.37. The summed E-state index contributed by atoms with van der Waals surface area (Å²) in [6.45, 7) is 3.66. The largest absolute Gasteiger partial charge is 0.463 e. The van der Waals surface area contributed by atoms with Crippen molar-refractivity contribution in [3.05, 3.63) is 18.3 Å². The van der Waals surface area contributed by atoms with Gasteiger partial charge in [-0.3, -0.25) is 19.0 Å². The Morgan fingerprint density at radius 3 is 2.14 bits per heavy atom. The first-order valence-corrected chi connectivity index (χ1v) is 13.0. The smallest absolute Gasteiger partial charge is 0.303 e. The number of nitrogens with zero attached hydrogens (tertiary/aromatic N) is 4. The highest BCUT2D eigenvalue weighted by Crippen LogP contribution is 2.61. The van der Waals surface area contributed by atoms with Gasteiger partial charge in [-0.15, -0.1) is 0 Å². The first-order valence-electron chi connectivity index (χ1n) is 13.0. The lowest BCUT2D eigenvalue weighted by Crippen LogP contribution is -2.49. The zero-order chi connectivity index (χ0) is 25.9. The van der Waals surface area contributed by atoms with Crippen LogP contribution in [0.5, 0.6) is 0 Å². The maximum atomic E-state index is 12.0.